The van der Waals surface area contributed by atoms with Crippen molar-refractivity contribution in [2.45, 2.75) is 23.5 Å². The minimum Gasteiger partial charge on any atom is -0.354 e. The number of carbonyl (C=O) groups is 1. The number of hydrogen-bond acceptors (Lipinski definition) is 6. The van der Waals surface area contributed by atoms with E-state index in [1.165, 1.54) is 60.3 Å². The second-order valence-corrected chi connectivity index (χ2v) is 10.2. The molecule has 0 saturated carbocycles. The minimum atomic E-state index is -4.00. The second-order valence-electron chi connectivity index (χ2n) is 6.76. The van der Waals surface area contributed by atoms with Gasteiger partial charge in [0.2, 0.25) is 21.1 Å². The van der Waals surface area contributed by atoms with Gasteiger partial charge in [-0.15, -0.1) is 5.10 Å². The van der Waals surface area contributed by atoms with Crippen molar-refractivity contribution >= 4 is 39.3 Å². The van der Waals surface area contributed by atoms with E-state index in [0.29, 0.717) is 33.9 Å². The van der Waals surface area contributed by atoms with E-state index in [4.69, 9.17) is 11.6 Å². The number of nitrogens with one attached hydrogen (secondary N) is 2. The maximum Gasteiger partial charge on any atom is 0.243 e. The third-order valence-electron chi connectivity index (χ3n) is 4.28. The van der Waals surface area contributed by atoms with Gasteiger partial charge in [-0.05, 0) is 48.9 Å². The Morgan fingerprint density at radius 1 is 1.19 bits per heavy atom. The van der Waals surface area contributed by atoms with Crippen molar-refractivity contribution in [1.82, 2.24) is 24.8 Å². The third-order valence-corrected chi connectivity index (χ3v) is 7.18. The van der Waals surface area contributed by atoms with Crippen LogP contribution in [-0.4, -0.2) is 52.7 Å². The summed E-state index contributed by atoms with van der Waals surface area (Å²) in [6.07, 6.45) is 0. The zero-order valence-corrected chi connectivity index (χ0v) is 19.5. The predicted molar refractivity (Wildman–Crippen MR) is 120 cm³/mol. The summed E-state index contributed by atoms with van der Waals surface area (Å²) in [7, 11) is -4.00. The number of thioether (sulfide) groups is 1. The second kappa shape index (κ2) is 10.9. The maximum absolute atomic E-state index is 13.2. The Kier molecular flexibility index (Phi) is 8.24. The first kappa shape index (κ1) is 24.2. The quantitative estimate of drug-likeness (QED) is 0.329. The van der Waals surface area contributed by atoms with Gasteiger partial charge in [-0.2, -0.15) is 4.31 Å². The highest BCUT2D eigenvalue weighted by atomic mass is 35.5. The number of nitrogens with zero attached hydrogens (tertiary/aromatic N) is 3. The van der Waals surface area contributed by atoms with Gasteiger partial charge >= 0.3 is 0 Å². The van der Waals surface area contributed by atoms with Crippen LogP contribution < -0.4 is 5.32 Å². The smallest absolute Gasteiger partial charge is 0.243 e. The molecule has 0 fully saturated rings. The number of rotatable bonds is 10. The van der Waals surface area contributed by atoms with E-state index in [1.807, 2.05) is 0 Å². The molecule has 0 atom stereocenters. The lowest BCUT2D eigenvalue weighted by molar-refractivity contribution is -0.121. The Bertz CT molecular complexity index is 1150. The summed E-state index contributed by atoms with van der Waals surface area (Å²) >= 11 is 7.23. The molecule has 0 bridgehead atoms. The number of amides is 1. The van der Waals surface area contributed by atoms with E-state index >= 15 is 0 Å². The topological polar surface area (TPSA) is 108 Å². The lowest BCUT2D eigenvalue weighted by Crippen LogP contribution is -2.40. The van der Waals surface area contributed by atoms with Crippen LogP contribution in [0.3, 0.4) is 0 Å². The van der Waals surface area contributed by atoms with Crippen molar-refractivity contribution in [1.29, 1.82) is 0 Å². The van der Waals surface area contributed by atoms with Crippen LogP contribution in [0.4, 0.5) is 4.39 Å². The van der Waals surface area contributed by atoms with Crippen molar-refractivity contribution in [2.24, 2.45) is 0 Å². The molecule has 32 heavy (non-hydrogen) atoms. The van der Waals surface area contributed by atoms with Crippen LogP contribution in [0, 0.1) is 12.7 Å². The molecule has 0 aliphatic rings. The Labute approximate surface area is 194 Å². The van der Waals surface area contributed by atoms with E-state index < -0.39 is 28.3 Å². The molecule has 2 aromatic carbocycles. The zero-order chi connectivity index (χ0) is 23.1. The highest BCUT2D eigenvalue weighted by molar-refractivity contribution is 7.99. The Morgan fingerprint density at radius 2 is 1.88 bits per heavy atom. The zero-order valence-electron chi connectivity index (χ0n) is 17.1. The Hall–Kier alpha value is -2.47. The average molecular weight is 498 g/mol. The summed E-state index contributed by atoms with van der Waals surface area (Å²) in [5, 5.41) is 10.4. The van der Waals surface area contributed by atoms with Gasteiger partial charge < -0.3 is 5.32 Å². The van der Waals surface area contributed by atoms with Crippen LogP contribution in [0.5, 0.6) is 0 Å². The monoisotopic (exact) mass is 497 g/mol. The number of sulfonamides is 1. The minimum absolute atomic E-state index is 0.00680. The summed E-state index contributed by atoms with van der Waals surface area (Å²) in [4.78, 5) is 16.7. The van der Waals surface area contributed by atoms with E-state index in [0.717, 1.165) is 4.31 Å². The Morgan fingerprint density at radius 3 is 2.50 bits per heavy atom. The van der Waals surface area contributed by atoms with Crippen molar-refractivity contribution in [2.75, 3.05) is 18.8 Å². The van der Waals surface area contributed by atoms with Crippen LogP contribution in [0.15, 0.2) is 58.6 Å². The van der Waals surface area contributed by atoms with Crippen molar-refractivity contribution in [3.05, 3.63) is 70.8 Å². The molecule has 0 spiro atoms. The first-order valence-electron chi connectivity index (χ1n) is 9.53. The van der Waals surface area contributed by atoms with E-state index in [9.17, 15) is 17.6 Å². The number of aromatic nitrogens is 3. The lowest BCUT2D eigenvalue weighted by atomic mass is 10.2. The van der Waals surface area contributed by atoms with Gasteiger partial charge in [-0.25, -0.2) is 17.8 Å². The van der Waals surface area contributed by atoms with Crippen LogP contribution in [0.1, 0.15) is 11.4 Å². The molecule has 3 rings (SSSR count). The van der Waals surface area contributed by atoms with Crippen molar-refractivity contribution in [3.8, 4) is 0 Å². The van der Waals surface area contributed by atoms with Gasteiger partial charge in [-0.1, -0.05) is 35.5 Å². The molecule has 1 heterocycles. The number of aromatic amines is 1. The number of aryl methyl sites for hydroxylation is 1. The number of hydrogen-bond donors (Lipinski definition) is 2. The fraction of sp³-hybridized carbons (Fsp3) is 0.250. The molecular weight excluding hydrogens is 477 g/mol. The highest BCUT2D eigenvalue weighted by Crippen LogP contribution is 2.20. The number of H-pyrrole nitrogens is 1. The Balaban J connectivity index is 1.67. The first-order chi connectivity index (χ1) is 15.2. The van der Waals surface area contributed by atoms with Gasteiger partial charge in [0, 0.05) is 23.9 Å². The maximum atomic E-state index is 13.2. The highest BCUT2D eigenvalue weighted by Gasteiger charge is 2.27. The van der Waals surface area contributed by atoms with Gasteiger partial charge in [0.25, 0.3) is 0 Å². The van der Waals surface area contributed by atoms with Crippen LogP contribution in [0.2, 0.25) is 5.02 Å². The molecule has 8 nitrogen and oxygen atoms in total. The lowest BCUT2D eigenvalue weighted by Gasteiger charge is -2.22. The first-order valence-corrected chi connectivity index (χ1v) is 12.3. The summed E-state index contributed by atoms with van der Waals surface area (Å²) in [6, 6.07) is 11.1. The third kappa shape index (κ3) is 6.76. The normalized spacial score (nSPS) is 11.6. The van der Waals surface area contributed by atoms with Crippen LogP contribution in [-0.2, 0) is 21.4 Å². The molecule has 0 aliphatic carbocycles. The number of benzene rings is 2. The molecule has 170 valence electrons. The SMILES string of the molecule is Cc1nc(SCCNC(=O)CN(Cc2ccc(F)cc2)S(=O)(=O)c2ccc(Cl)cc2)n[nH]1. The van der Waals surface area contributed by atoms with Crippen LogP contribution in [0.25, 0.3) is 0 Å². The molecular formula is C20H21ClFN5O3S2. The van der Waals surface area contributed by atoms with E-state index in [-0.39, 0.29) is 11.4 Å². The summed E-state index contributed by atoms with van der Waals surface area (Å²) in [6.45, 7) is 1.61. The number of carbonyl (C=O) groups excluding carboxylic acids is 1. The van der Waals surface area contributed by atoms with Crippen molar-refractivity contribution in [3.63, 3.8) is 0 Å². The molecule has 0 saturated heterocycles. The van der Waals surface area contributed by atoms with E-state index in [1.54, 1.807) is 6.92 Å². The molecule has 1 amide bonds. The van der Waals surface area contributed by atoms with Gasteiger partial charge in [0.05, 0.1) is 11.4 Å². The van der Waals surface area contributed by atoms with Crippen LogP contribution >= 0.6 is 23.4 Å². The summed E-state index contributed by atoms with van der Waals surface area (Å²) in [5.41, 5.74) is 0.548. The summed E-state index contributed by atoms with van der Waals surface area (Å²) < 4.78 is 40.6. The molecule has 3 aromatic rings. The molecule has 0 radical (unpaired) electrons. The van der Waals surface area contributed by atoms with Gasteiger partial charge in [0.1, 0.15) is 11.6 Å². The predicted octanol–water partition coefficient (Wildman–Crippen LogP) is 3.01. The average Bonchev–Trinajstić information content (AvgIpc) is 3.17. The largest absolute Gasteiger partial charge is 0.354 e. The van der Waals surface area contributed by atoms with Crippen molar-refractivity contribution < 1.29 is 17.6 Å². The molecule has 0 aliphatic heterocycles. The fourth-order valence-electron chi connectivity index (χ4n) is 2.71. The standard InChI is InChI=1S/C20H21ClFN5O3S2/c1-14-24-20(26-25-14)31-11-10-23-19(28)13-27(12-15-2-6-17(22)7-3-15)32(29,30)18-8-4-16(21)5-9-18/h2-9H,10-13H2,1H3,(H,23,28)(H,24,25,26). The van der Waals surface area contributed by atoms with Gasteiger partial charge in [-0.3, -0.25) is 9.89 Å². The molecule has 2 N–H and O–H groups in total. The molecule has 1 aromatic heterocycles. The van der Waals surface area contributed by atoms with Gasteiger partial charge in [0.15, 0.2) is 0 Å². The molecule has 0 unspecified atom stereocenters. The molecule has 12 heteroatoms. The summed E-state index contributed by atoms with van der Waals surface area (Å²) in [5.74, 6) is 0.319. The number of halogens is 2. The fourth-order valence-corrected chi connectivity index (χ4v) is 4.92. The van der Waals surface area contributed by atoms with E-state index in [2.05, 4.69) is 20.5 Å².